The van der Waals surface area contributed by atoms with Crippen molar-refractivity contribution < 1.29 is 31.2 Å². The number of hydrogen-bond acceptors (Lipinski definition) is 2. The number of halogens is 6. The van der Waals surface area contributed by atoms with Gasteiger partial charge in [0.25, 0.3) is 0 Å². The summed E-state index contributed by atoms with van der Waals surface area (Å²) in [6, 6.07) is -1.19. The SMILES string of the molecule is CC(C)[N+](OC(C(F)(F)F)C(F)(F)F)C(C)C. The predicted octanol–water partition coefficient (Wildman–Crippen LogP) is 3.37. The maximum absolute atomic E-state index is 12.2. The second kappa shape index (κ2) is 5.43. The second-order valence-corrected chi connectivity index (χ2v) is 4.12. The third-order valence-corrected chi connectivity index (χ3v) is 1.84. The van der Waals surface area contributed by atoms with Gasteiger partial charge in [0.1, 0.15) is 0 Å². The molecule has 0 spiro atoms. The fourth-order valence-electron chi connectivity index (χ4n) is 1.27. The maximum atomic E-state index is 12.2. The standard InChI is InChI=1S/C9H15F6NO/c1-5(2)16(6(3)4)17-7(8(10,11)12)9(13,14)15/h5-7H,1-4H3/q+1. The summed E-state index contributed by atoms with van der Waals surface area (Å²) in [4.78, 5) is 4.09. The summed E-state index contributed by atoms with van der Waals surface area (Å²) < 4.78 is 73.4. The molecule has 0 saturated carbocycles. The van der Waals surface area contributed by atoms with Crippen LogP contribution in [-0.4, -0.2) is 30.5 Å². The highest BCUT2D eigenvalue weighted by atomic mass is 19.4. The van der Waals surface area contributed by atoms with Crippen LogP contribution in [0.4, 0.5) is 26.3 Å². The van der Waals surface area contributed by atoms with Gasteiger partial charge < -0.3 is 0 Å². The molecule has 1 radical (unpaired) electrons. The minimum Gasteiger partial charge on any atom is -0.167 e. The van der Waals surface area contributed by atoms with Gasteiger partial charge in [0, 0.05) is 0 Å². The van der Waals surface area contributed by atoms with Gasteiger partial charge in [0.2, 0.25) is 0 Å². The molecular weight excluding hydrogens is 252 g/mol. The van der Waals surface area contributed by atoms with Gasteiger partial charge in [-0.1, -0.05) is 0 Å². The summed E-state index contributed by atoms with van der Waals surface area (Å²) >= 11 is 0. The van der Waals surface area contributed by atoms with Crippen LogP contribution in [0.1, 0.15) is 27.7 Å². The summed E-state index contributed by atoms with van der Waals surface area (Å²) in [6.07, 6.45) is -14.8. The molecule has 0 rings (SSSR count). The van der Waals surface area contributed by atoms with Gasteiger partial charge in [-0.2, -0.15) is 26.3 Å². The number of hydroxylamine groups is 2. The van der Waals surface area contributed by atoms with Crippen LogP contribution in [0.3, 0.4) is 0 Å². The first-order valence-corrected chi connectivity index (χ1v) is 4.96. The van der Waals surface area contributed by atoms with E-state index < -0.39 is 30.5 Å². The van der Waals surface area contributed by atoms with Crippen LogP contribution >= 0.6 is 0 Å². The Morgan fingerprint density at radius 2 is 1.06 bits per heavy atom. The van der Waals surface area contributed by atoms with E-state index in [1.54, 1.807) is 0 Å². The van der Waals surface area contributed by atoms with Gasteiger partial charge >= 0.3 is 18.5 Å². The Hall–Kier alpha value is -0.500. The van der Waals surface area contributed by atoms with Gasteiger partial charge in [-0.3, -0.25) is 0 Å². The van der Waals surface area contributed by atoms with E-state index >= 15 is 0 Å². The third kappa shape index (κ3) is 5.12. The monoisotopic (exact) mass is 267 g/mol. The molecule has 8 heteroatoms. The second-order valence-electron chi connectivity index (χ2n) is 4.12. The zero-order chi connectivity index (χ0) is 14.0. The van der Waals surface area contributed by atoms with Crippen LogP contribution < -0.4 is 5.06 Å². The summed E-state index contributed by atoms with van der Waals surface area (Å²) in [7, 11) is 0. The molecule has 0 aromatic heterocycles. The van der Waals surface area contributed by atoms with E-state index in [1.807, 2.05) is 0 Å². The fourth-order valence-corrected chi connectivity index (χ4v) is 1.27. The number of alkyl halides is 6. The first-order valence-electron chi connectivity index (χ1n) is 4.96. The average molecular weight is 267 g/mol. The van der Waals surface area contributed by atoms with Crippen molar-refractivity contribution in [2.45, 2.75) is 58.2 Å². The topological polar surface area (TPSA) is 15.1 Å². The number of nitrogens with zero attached hydrogens (tertiary/aromatic N) is 1. The van der Waals surface area contributed by atoms with Crippen LogP contribution in [0.15, 0.2) is 0 Å². The zero-order valence-corrected chi connectivity index (χ0v) is 9.86. The van der Waals surface area contributed by atoms with Gasteiger partial charge in [-0.25, -0.2) is 0 Å². The summed E-state index contributed by atoms with van der Waals surface area (Å²) in [5.74, 6) is 0. The highest BCUT2D eigenvalue weighted by molar-refractivity contribution is 4.77. The van der Waals surface area contributed by atoms with Crippen molar-refractivity contribution >= 4 is 0 Å². The van der Waals surface area contributed by atoms with E-state index in [0.29, 0.717) is 5.06 Å². The Bertz CT molecular complexity index is 213. The van der Waals surface area contributed by atoms with E-state index in [1.165, 1.54) is 27.7 Å². The molecule has 0 bridgehead atoms. The highest BCUT2D eigenvalue weighted by Gasteiger charge is 2.62. The molecule has 0 fully saturated rings. The Kier molecular flexibility index (Phi) is 5.27. The van der Waals surface area contributed by atoms with Crippen LogP contribution in [0.5, 0.6) is 0 Å². The minimum absolute atomic E-state index is 0.595. The van der Waals surface area contributed by atoms with Crippen molar-refractivity contribution in [2.75, 3.05) is 0 Å². The van der Waals surface area contributed by atoms with E-state index in [4.69, 9.17) is 0 Å². The van der Waals surface area contributed by atoms with Gasteiger partial charge in [-0.05, 0) is 32.8 Å². The largest absolute Gasteiger partial charge is 0.430 e. The van der Waals surface area contributed by atoms with Gasteiger partial charge in [-0.15, -0.1) is 4.84 Å². The quantitative estimate of drug-likeness (QED) is 0.433. The molecule has 0 atom stereocenters. The molecule has 0 aliphatic heterocycles. The maximum Gasteiger partial charge on any atom is 0.430 e. The normalized spacial score (nSPS) is 14.5. The highest BCUT2D eigenvalue weighted by Crippen LogP contribution is 2.36. The molecule has 103 valence electrons. The Labute approximate surface area is 95.5 Å². The molecule has 17 heavy (non-hydrogen) atoms. The minimum atomic E-state index is -5.49. The van der Waals surface area contributed by atoms with E-state index in [-0.39, 0.29) is 0 Å². The van der Waals surface area contributed by atoms with Gasteiger partial charge in [0.05, 0.1) is 0 Å². The Balaban J connectivity index is 4.99. The van der Waals surface area contributed by atoms with Crippen molar-refractivity contribution in [3.63, 3.8) is 0 Å². The molecule has 0 N–H and O–H groups in total. The zero-order valence-electron chi connectivity index (χ0n) is 9.86. The molecule has 0 aromatic rings. The van der Waals surface area contributed by atoms with Gasteiger partial charge in [0.15, 0.2) is 12.1 Å². The smallest absolute Gasteiger partial charge is 0.167 e. The first-order chi connectivity index (χ1) is 7.37. The molecule has 0 aromatic carbocycles. The lowest BCUT2D eigenvalue weighted by atomic mass is 10.3. The molecule has 0 saturated heterocycles. The Morgan fingerprint density at radius 1 is 0.765 bits per heavy atom. The van der Waals surface area contributed by atoms with Crippen molar-refractivity contribution in [1.82, 2.24) is 5.06 Å². The summed E-state index contributed by atoms with van der Waals surface area (Å²) in [5, 5.41) is 0.686. The number of hydrogen-bond donors (Lipinski definition) is 0. The number of rotatable bonds is 4. The lowest BCUT2D eigenvalue weighted by Gasteiger charge is -2.25. The fraction of sp³-hybridized carbons (Fsp3) is 1.00. The lowest BCUT2D eigenvalue weighted by Crippen LogP contribution is -2.54. The Morgan fingerprint density at radius 3 is 1.24 bits per heavy atom. The van der Waals surface area contributed by atoms with E-state index in [0.717, 1.165) is 0 Å². The molecule has 0 heterocycles. The third-order valence-electron chi connectivity index (χ3n) is 1.84. The lowest BCUT2D eigenvalue weighted by molar-refractivity contribution is -0.359. The van der Waals surface area contributed by atoms with Crippen molar-refractivity contribution in [3.8, 4) is 0 Å². The van der Waals surface area contributed by atoms with E-state index in [2.05, 4.69) is 4.84 Å². The summed E-state index contributed by atoms with van der Waals surface area (Å²) in [6.45, 7) is 5.79. The average Bonchev–Trinajstić information content (AvgIpc) is 1.96. The molecule has 0 amide bonds. The van der Waals surface area contributed by atoms with Crippen LogP contribution in [-0.2, 0) is 4.84 Å². The molecule has 0 aliphatic carbocycles. The van der Waals surface area contributed by atoms with Crippen LogP contribution in [0, 0.1) is 0 Å². The summed E-state index contributed by atoms with van der Waals surface area (Å²) in [5.41, 5.74) is 0. The van der Waals surface area contributed by atoms with Crippen molar-refractivity contribution in [3.05, 3.63) is 0 Å². The van der Waals surface area contributed by atoms with E-state index in [9.17, 15) is 26.3 Å². The molecule has 0 unspecified atom stereocenters. The van der Waals surface area contributed by atoms with Crippen molar-refractivity contribution in [1.29, 1.82) is 0 Å². The first kappa shape index (κ1) is 16.5. The molecule has 2 nitrogen and oxygen atoms in total. The van der Waals surface area contributed by atoms with Crippen LogP contribution in [0.2, 0.25) is 0 Å². The molecule has 0 aliphatic rings. The molecular formula is C9H15F6NO+. The van der Waals surface area contributed by atoms with Crippen molar-refractivity contribution in [2.24, 2.45) is 0 Å². The predicted molar refractivity (Wildman–Crippen MR) is 49.4 cm³/mol. The van der Waals surface area contributed by atoms with Crippen LogP contribution in [0.25, 0.3) is 0 Å².